The minimum Gasteiger partial charge on any atom is -0.481 e. The number of carboxylic acids is 1. The molecule has 2 aliphatic carbocycles. The van der Waals surface area contributed by atoms with E-state index in [1.807, 2.05) is 6.92 Å². The third-order valence-corrected chi connectivity index (χ3v) is 5.07. The van der Waals surface area contributed by atoms with Gasteiger partial charge in [-0.25, -0.2) is 0 Å². The van der Waals surface area contributed by atoms with Crippen LogP contribution in [0.3, 0.4) is 0 Å². The first-order valence-corrected chi connectivity index (χ1v) is 8.18. The van der Waals surface area contributed by atoms with Gasteiger partial charge in [-0.3, -0.25) is 9.59 Å². The van der Waals surface area contributed by atoms with Gasteiger partial charge in [0, 0.05) is 12.6 Å². The Morgan fingerprint density at radius 1 is 1.10 bits per heavy atom. The van der Waals surface area contributed by atoms with E-state index in [2.05, 4.69) is 0 Å². The molecule has 3 atom stereocenters. The Bertz CT molecular complexity index is 378. The normalized spacial score (nSPS) is 30.3. The number of aliphatic carboxylic acids is 1. The molecule has 0 heterocycles. The standard InChI is InChI=1S/C16H27NO4/c1-11-9-13(14(10-11)16(20)21)15(19)17(7-8-18)12-5-3-2-4-6-12/h11-14,18H,2-10H2,1H3,(H,20,21)/t11?,13-,14+/m0/s1. The third-order valence-electron chi connectivity index (χ3n) is 5.07. The van der Waals surface area contributed by atoms with Gasteiger partial charge in [0.1, 0.15) is 0 Å². The Morgan fingerprint density at radius 2 is 1.71 bits per heavy atom. The van der Waals surface area contributed by atoms with E-state index in [4.69, 9.17) is 0 Å². The summed E-state index contributed by atoms with van der Waals surface area (Å²) in [5.74, 6) is -1.59. The SMILES string of the molecule is CC1C[C@H](C(=O)N(CCO)C2CCCCC2)[C@H](C(=O)O)C1. The number of amides is 1. The van der Waals surface area contributed by atoms with Crippen LogP contribution in [-0.4, -0.2) is 46.2 Å². The van der Waals surface area contributed by atoms with Crippen LogP contribution in [-0.2, 0) is 9.59 Å². The summed E-state index contributed by atoms with van der Waals surface area (Å²) in [6.07, 6.45) is 6.63. The molecule has 120 valence electrons. The number of carbonyl (C=O) groups is 2. The van der Waals surface area contributed by atoms with E-state index in [1.54, 1.807) is 4.90 Å². The number of carbonyl (C=O) groups excluding carboxylic acids is 1. The minimum absolute atomic E-state index is 0.0484. The first kappa shape index (κ1) is 16.3. The molecule has 2 saturated carbocycles. The van der Waals surface area contributed by atoms with Crippen LogP contribution in [0.25, 0.3) is 0 Å². The molecule has 21 heavy (non-hydrogen) atoms. The van der Waals surface area contributed by atoms with Crippen molar-refractivity contribution in [3.63, 3.8) is 0 Å². The summed E-state index contributed by atoms with van der Waals surface area (Å²) < 4.78 is 0. The molecule has 0 aromatic rings. The molecule has 2 N–H and O–H groups in total. The molecule has 2 fully saturated rings. The summed E-state index contributed by atoms with van der Waals surface area (Å²) in [5, 5.41) is 18.6. The first-order valence-electron chi connectivity index (χ1n) is 8.18. The van der Waals surface area contributed by atoms with E-state index in [-0.39, 0.29) is 24.5 Å². The quantitative estimate of drug-likeness (QED) is 0.812. The maximum Gasteiger partial charge on any atom is 0.307 e. The van der Waals surface area contributed by atoms with Gasteiger partial charge in [0.15, 0.2) is 0 Å². The van der Waals surface area contributed by atoms with E-state index in [0.717, 1.165) is 25.7 Å². The summed E-state index contributed by atoms with van der Waals surface area (Å²) in [6, 6.07) is 0.184. The molecule has 0 saturated heterocycles. The Balaban J connectivity index is 2.11. The summed E-state index contributed by atoms with van der Waals surface area (Å²) in [7, 11) is 0. The topological polar surface area (TPSA) is 77.8 Å². The molecular formula is C16H27NO4. The number of carboxylic acid groups (broad SMARTS) is 1. The van der Waals surface area contributed by atoms with Crippen molar-refractivity contribution in [3.05, 3.63) is 0 Å². The van der Waals surface area contributed by atoms with Crippen molar-refractivity contribution in [2.75, 3.05) is 13.2 Å². The Kier molecular flexibility index (Phi) is 5.62. The van der Waals surface area contributed by atoms with Crippen LogP contribution >= 0.6 is 0 Å². The van der Waals surface area contributed by atoms with E-state index >= 15 is 0 Å². The lowest BCUT2D eigenvalue weighted by Gasteiger charge is -2.36. The zero-order valence-electron chi connectivity index (χ0n) is 12.8. The molecule has 5 nitrogen and oxygen atoms in total. The van der Waals surface area contributed by atoms with Crippen LogP contribution in [0.15, 0.2) is 0 Å². The highest BCUT2D eigenvalue weighted by Crippen LogP contribution is 2.38. The van der Waals surface area contributed by atoms with Crippen LogP contribution in [0.2, 0.25) is 0 Å². The highest BCUT2D eigenvalue weighted by molar-refractivity contribution is 5.85. The van der Waals surface area contributed by atoms with Crippen molar-refractivity contribution in [1.29, 1.82) is 0 Å². The van der Waals surface area contributed by atoms with Crippen LogP contribution in [0.4, 0.5) is 0 Å². The minimum atomic E-state index is -0.856. The van der Waals surface area contributed by atoms with Gasteiger partial charge < -0.3 is 15.1 Å². The number of aliphatic hydroxyl groups is 1. The average Bonchev–Trinajstić information content (AvgIpc) is 2.87. The zero-order valence-corrected chi connectivity index (χ0v) is 12.8. The van der Waals surface area contributed by atoms with E-state index in [9.17, 15) is 19.8 Å². The second-order valence-corrected chi connectivity index (χ2v) is 6.67. The number of hydrogen-bond donors (Lipinski definition) is 2. The summed E-state index contributed by atoms with van der Waals surface area (Å²) in [4.78, 5) is 26.0. The largest absolute Gasteiger partial charge is 0.481 e. The molecule has 0 aromatic carbocycles. The van der Waals surface area contributed by atoms with Crippen LogP contribution < -0.4 is 0 Å². The molecule has 1 unspecified atom stereocenters. The molecule has 1 amide bonds. The van der Waals surface area contributed by atoms with Crippen LogP contribution in [0.5, 0.6) is 0 Å². The van der Waals surface area contributed by atoms with Crippen LogP contribution in [0.1, 0.15) is 51.9 Å². The first-order chi connectivity index (χ1) is 10.0. The Hall–Kier alpha value is -1.10. The Labute approximate surface area is 126 Å². The number of hydrogen-bond acceptors (Lipinski definition) is 3. The smallest absolute Gasteiger partial charge is 0.307 e. The average molecular weight is 297 g/mol. The van der Waals surface area contributed by atoms with Crippen molar-refractivity contribution in [2.45, 2.75) is 57.9 Å². The summed E-state index contributed by atoms with van der Waals surface area (Å²) >= 11 is 0. The van der Waals surface area contributed by atoms with Crippen molar-refractivity contribution in [2.24, 2.45) is 17.8 Å². The Morgan fingerprint density at radius 3 is 2.29 bits per heavy atom. The van der Waals surface area contributed by atoms with Gasteiger partial charge >= 0.3 is 5.97 Å². The molecule has 2 aliphatic rings. The van der Waals surface area contributed by atoms with Gasteiger partial charge in [0.25, 0.3) is 0 Å². The predicted octanol–water partition coefficient (Wildman–Crippen LogP) is 1.89. The van der Waals surface area contributed by atoms with E-state index in [0.29, 0.717) is 19.4 Å². The van der Waals surface area contributed by atoms with Crippen molar-refractivity contribution in [1.82, 2.24) is 4.90 Å². The number of aliphatic hydroxyl groups excluding tert-OH is 1. The molecule has 5 heteroatoms. The highest BCUT2D eigenvalue weighted by atomic mass is 16.4. The van der Waals surface area contributed by atoms with Crippen molar-refractivity contribution >= 4 is 11.9 Å². The maximum absolute atomic E-state index is 12.8. The zero-order chi connectivity index (χ0) is 15.4. The van der Waals surface area contributed by atoms with E-state index < -0.39 is 17.8 Å². The van der Waals surface area contributed by atoms with Gasteiger partial charge in [0.2, 0.25) is 5.91 Å². The lowest BCUT2D eigenvalue weighted by Crippen LogP contribution is -2.47. The molecule has 0 aromatic heterocycles. The van der Waals surface area contributed by atoms with Crippen molar-refractivity contribution in [3.8, 4) is 0 Å². The molecule has 2 rings (SSSR count). The van der Waals surface area contributed by atoms with Gasteiger partial charge in [-0.2, -0.15) is 0 Å². The van der Waals surface area contributed by atoms with Gasteiger partial charge in [-0.05, 0) is 31.6 Å². The van der Waals surface area contributed by atoms with Crippen molar-refractivity contribution < 1.29 is 19.8 Å². The van der Waals surface area contributed by atoms with Gasteiger partial charge in [0.05, 0.1) is 18.4 Å². The molecular weight excluding hydrogens is 270 g/mol. The monoisotopic (exact) mass is 297 g/mol. The lowest BCUT2D eigenvalue weighted by atomic mass is 9.90. The highest BCUT2D eigenvalue weighted by Gasteiger charge is 2.43. The second-order valence-electron chi connectivity index (χ2n) is 6.67. The summed E-state index contributed by atoms with van der Waals surface area (Å²) in [5.41, 5.74) is 0. The maximum atomic E-state index is 12.8. The third kappa shape index (κ3) is 3.76. The van der Waals surface area contributed by atoms with Gasteiger partial charge in [-0.1, -0.05) is 26.2 Å². The lowest BCUT2D eigenvalue weighted by molar-refractivity contribution is -0.150. The number of nitrogens with zero attached hydrogens (tertiary/aromatic N) is 1. The predicted molar refractivity (Wildman–Crippen MR) is 78.7 cm³/mol. The fourth-order valence-electron chi connectivity index (χ4n) is 4.02. The molecule has 0 radical (unpaired) electrons. The molecule has 0 aliphatic heterocycles. The molecule has 0 spiro atoms. The number of rotatable bonds is 5. The molecule has 0 bridgehead atoms. The fourth-order valence-corrected chi connectivity index (χ4v) is 4.02. The fraction of sp³-hybridized carbons (Fsp3) is 0.875. The second kappa shape index (κ2) is 7.25. The van der Waals surface area contributed by atoms with Crippen LogP contribution in [0, 0.1) is 17.8 Å². The summed E-state index contributed by atoms with van der Waals surface area (Å²) in [6.45, 7) is 2.29. The van der Waals surface area contributed by atoms with E-state index in [1.165, 1.54) is 6.42 Å². The van der Waals surface area contributed by atoms with Gasteiger partial charge in [-0.15, -0.1) is 0 Å².